The maximum absolute atomic E-state index is 6.29. The van der Waals surface area contributed by atoms with Crippen LogP contribution in [0.3, 0.4) is 0 Å². The summed E-state index contributed by atoms with van der Waals surface area (Å²) in [6.07, 6.45) is 2.33. The number of aromatic nitrogens is 2. The Labute approximate surface area is 107 Å². The van der Waals surface area contributed by atoms with E-state index >= 15 is 0 Å². The minimum Gasteiger partial charge on any atom is -0.336 e. The Hall–Kier alpha value is -1.14. The third-order valence-electron chi connectivity index (χ3n) is 4.09. The van der Waals surface area contributed by atoms with Gasteiger partial charge in [-0.1, -0.05) is 0 Å². The van der Waals surface area contributed by atoms with Crippen LogP contribution in [0.5, 0.6) is 0 Å². The van der Waals surface area contributed by atoms with E-state index in [9.17, 15) is 0 Å². The molecule has 18 heavy (non-hydrogen) atoms. The van der Waals surface area contributed by atoms with Gasteiger partial charge in [-0.05, 0) is 37.9 Å². The molecule has 0 spiro atoms. The third-order valence-corrected chi connectivity index (χ3v) is 4.09. The Morgan fingerprint density at radius 1 is 1.28 bits per heavy atom. The molecular formula is C12H21N5O. The Morgan fingerprint density at radius 2 is 1.94 bits per heavy atom. The van der Waals surface area contributed by atoms with E-state index in [0.717, 1.165) is 26.2 Å². The zero-order valence-electron chi connectivity index (χ0n) is 11.1. The standard InChI is InChI=1S/C12H21N5O/c1-12(13,9-3-4-9)10-14-11(15-18-10)17-7-5-16(2)6-8-17/h9H,3-8,13H2,1-2H3. The summed E-state index contributed by atoms with van der Waals surface area (Å²) in [7, 11) is 2.13. The molecule has 2 N–H and O–H groups in total. The fraction of sp³-hybridized carbons (Fsp3) is 0.833. The van der Waals surface area contributed by atoms with Crippen molar-refractivity contribution in [3.63, 3.8) is 0 Å². The van der Waals surface area contributed by atoms with Crippen molar-refractivity contribution >= 4 is 5.95 Å². The zero-order valence-corrected chi connectivity index (χ0v) is 11.1. The minimum absolute atomic E-state index is 0.460. The average molecular weight is 251 g/mol. The van der Waals surface area contributed by atoms with Crippen LogP contribution in [0.1, 0.15) is 25.7 Å². The Kier molecular flexibility index (Phi) is 2.79. The van der Waals surface area contributed by atoms with Crippen molar-refractivity contribution in [2.75, 3.05) is 38.1 Å². The van der Waals surface area contributed by atoms with E-state index in [-0.39, 0.29) is 0 Å². The van der Waals surface area contributed by atoms with Crippen LogP contribution >= 0.6 is 0 Å². The molecule has 1 aromatic rings. The molecule has 1 unspecified atom stereocenters. The molecule has 2 aliphatic rings. The Balaban J connectivity index is 1.73. The molecule has 0 aromatic carbocycles. The summed E-state index contributed by atoms with van der Waals surface area (Å²) < 4.78 is 5.37. The lowest BCUT2D eigenvalue weighted by Crippen LogP contribution is -2.45. The van der Waals surface area contributed by atoms with Gasteiger partial charge in [0.05, 0.1) is 5.54 Å². The molecule has 3 rings (SSSR count). The lowest BCUT2D eigenvalue weighted by molar-refractivity contribution is 0.272. The molecule has 100 valence electrons. The highest BCUT2D eigenvalue weighted by atomic mass is 16.5. The first-order valence-corrected chi connectivity index (χ1v) is 6.64. The summed E-state index contributed by atoms with van der Waals surface area (Å²) >= 11 is 0. The molecule has 1 aromatic heterocycles. The van der Waals surface area contributed by atoms with E-state index < -0.39 is 5.54 Å². The normalized spacial score (nSPS) is 25.2. The van der Waals surface area contributed by atoms with Crippen molar-refractivity contribution in [2.24, 2.45) is 11.7 Å². The van der Waals surface area contributed by atoms with Crippen LogP contribution in [-0.2, 0) is 5.54 Å². The molecular weight excluding hydrogens is 230 g/mol. The number of hydrogen-bond acceptors (Lipinski definition) is 6. The van der Waals surface area contributed by atoms with Gasteiger partial charge in [-0.25, -0.2) is 0 Å². The van der Waals surface area contributed by atoms with Gasteiger partial charge < -0.3 is 20.1 Å². The SMILES string of the molecule is CN1CCN(c2noc(C(C)(N)C3CC3)n2)CC1. The molecule has 1 saturated heterocycles. The molecule has 2 fully saturated rings. The smallest absolute Gasteiger partial charge is 0.266 e. The predicted molar refractivity (Wildman–Crippen MR) is 68.3 cm³/mol. The molecule has 0 bridgehead atoms. The molecule has 2 heterocycles. The van der Waals surface area contributed by atoms with E-state index in [1.807, 2.05) is 6.92 Å². The van der Waals surface area contributed by atoms with Gasteiger partial charge in [-0.3, -0.25) is 0 Å². The average Bonchev–Trinajstić information content (AvgIpc) is 3.09. The molecule has 1 saturated carbocycles. The topological polar surface area (TPSA) is 71.4 Å². The minimum atomic E-state index is -0.460. The van der Waals surface area contributed by atoms with Crippen LogP contribution in [0.2, 0.25) is 0 Å². The van der Waals surface area contributed by atoms with Crippen LogP contribution in [0.15, 0.2) is 4.52 Å². The fourth-order valence-electron chi connectivity index (χ4n) is 2.43. The van der Waals surface area contributed by atoms with Gasteiger partial charge in [-0.15, -0.1) is 0 Å². The van der Waals surface area contributed by atoms with Crippen molar-refractivity contribution in [3.05, 3.63) is 5.89 Å². The van der Waals surface area contributed by atoms with Gasteiger partial charge in [-0.2, -0.15) is 4.98 Å². The maximum atomic E-state index is 6.29. The second kappa shape index (κ2) is 4.20. The second-order valence-electron chi connectivity index (χ2n) is 5.75. The Morgan fingerprint density at radius 3 is 2.56 bits per heavy atom. The number of rotatable bonds is 3. The van der Waals surface area contributed by atoms with Crippen molar-refractivity contribution in [1.29, 1.82) is 0 Å². The van der Waals surface area contributed by atoms with Crippen LogP contribution < -0.4 is 10.6 Å². The van der Waals surface area contributed by atoms with E-state index in [1.165, 1.54) is 12.8 Å². The highest BCUT2D eigenvalue weighted by Crippen LogP contribution is 2.43. The number of anilines is 1. The Bertz CT molecular complexity index is 418. The van der Waals surface area contributed by atoms with Crippen molar-refractivity contribution < 1.29 is 4.52 Å². The highest BCUT2D eigenvalue weighted by molar-refractivity contribution is 5.29. The van der Waals surface area contributed by atoms with Gasteiger partial charge in [0, 0.05) is 26.2 Å². The monoisotopic (exact) mass is 251 g/mol. The number of nitrogens with zero attached hydrogens (tertiary/aromatic N) is 4. The van der Waals surface area contributed by atoms with E-state index in [4.69, 9.17) is 10.3 Å². The maximum Gasteiger partial charge on any atom is 0.266 e. The molecule has 6 heteroatoms. The fourth-order valence-corrected chi connectivity index (χ4v) is 2.43. The molecule has 0 amide bonds. The van der Waals surface area contributed by atoms with Gasteiger partial charge >= 0.3 is 0 Å². The second-order valence-corrected chi connectivity index (χ2v) is 5.75. The first-order valence-electron chi connectivity index (χ1n) is 6.64. The van der Waals surface area contributed by atoms with Crippen LogP contribution in [0.4, 0.5) is 5.95 Å². The summed E-state index contributed by atoms with van der Waals surface area (Å²) in [5.41, 5.74) is 5.82. The van der Waals surface area contributed by atoms with Crippen molar-refractivity contribution in [2.45, 2.75) is 25.3 Å². The van der Waals surface area contributed by atoms with Crippen molar-refractivity contribution in [1.82, 2.24) is 15.0 Å². The number of piperazine rings is 1. The quantitative estimate of drug-likeness (QED) is 0.838. The van der Waals surface area contributed by atoms with E-state index in [1.54, 1.807) is 0 Å². The van der Waals surface area contributed by atoms with E-state index in [2.05, 4.69) is 27.0 Å². The van der Waals surface area contributed by atoms with Gasteiger partial charge in [0.25, 0.3) is 5.95 Å². The van der Waals surface area contributed by atoms with E-state index in [0.29, 0.717) is 17.8 Å². The van der Waals surface area contributed by atoms with Gasteiger partial charge in [0.2, 0.25) is 5.89 Å². The van der Waals surface area contributed by atoms with Crippen molar-refractivity contribution in [3.8, 4) is 0 Å². The first-order chi connectivity index (χ1) is 8.57. The first kappa shape index (κ1) is 11.9. The summed E-state index contributed by atoms with van der Waals surface area (Å²) in [5.74, 6) is 1.77. The molecule has 6 nitrogen and oxygen atoms in total. The third kappa shape index (κ3) is 2.10. The summed E-state index contributed by atoms with van der Waals surface area (Å²) in [6.45, 7) is 5.95. The lowest BCUT2D eigenvalue weighted by Gasteiger charge is -2.31. The lowest BCUT2D eigenvalue weighted by atomic mass is 9.97. The highest BCUT2D eigenvalue weighted by Gasteiger charge is 2.44. The molecule has 1 atom stereocenters. The van der Waals surface area contributed by atoms with Gasteiger partial charge in [0.1, 0.15) is 0 Å². The van der Waals surface area contributed by atoms with Crippen LogP contribution in [-0.4, -0.2) is 48.3 Å². The zero-order chi connectivity index (χ0) is 12.8. The predicted octanol–water partition coefficient (Wildman–Crippen LogP) is 0.405. The molecule has 1 aliphatic carbocycles. The number of nitrogens with two attached hydrogens (primary N) is 1. The summed E-state index contributed by atoms with van der Waals surface area (Å²) in [5, 5.41) is 4.08. The molecule has 1 aliphatic heterocycles. The number of likely N-dealkylation sites (N-methyl/N-ethyl adjacent to an activating group) is 1. The summed E-state index contributed by atoms with van der Waals surface area (Å²) in [4.78, 5) is 8.96. The van der Waals surface area contributed by atoms with Crippen LogP contribution in [0.25, 0.3) is 0 Å². The number of hydrogen-bond donors (Lipinski definition) is 1. The molecule has 0 radical (unpaired) electrons. The van der Waals surface area contributed by atoms with Crippen LogP contribution in [0, 0.1) is 5.92 Å². The largest absolute Gasteiger partial charge is 0.336 e. The summed E-state index contributed by atoms with van der Waals surface area (Å²) in [6, 6.07) is 0. The van der Waals surface area contributed by atoms with Gasteiger partial charge in [0.15, 0.2) is 0 Å².